The molecule has 0 aliphatic heterocycles. The molecule has 2 aromatic rings. The quantitative estimate of drug-likeness (QED) is 0.856. The fraction of sp³-hybridized carbons (Fsp3) is 0.278. The second-order valence-electron chi connectivity index (χ2n) is 5.24. The summed E-state index contributed by atoms with van der Waals surface area (Å²) in [7, 11) is 0. The van der Waals surface area contributed by atoms with Gasteiger partial charge in [0.2, 0.25) is 0 Å². The standard InChI is InChI=1S/C18H18N2S/c1-2-21-18-9-5-8-17(16(18)12-19)20-15-10-13-6-3-4-7-14(13)11-15/h3-9,15,20H,2,10-11H2,1H3. The molecule has 21 heavy (non-hydrogen) atoms. The first-order chi connectivity index (χ1) is 10.3. The lowest BCUT2D eigenvalue weighted by atomic mass is 10.1. The Kier molecular flexibility index (Phi) is 4.17. The summed E-state index contributed by atoms with van der Waals surface area (Å²) < 4.78 is 0. The molecule has 0 fully saturated rings. The van der Waals surface area contributed by atoms with Crippen LogP contribution in [0.15, 0.2) is 47.4 Å². The molecule has 3 rings (SSSR count). The van der Waals surface area contributed by atoms with Crippen LogP contribution in [0.4, 0.5) is 5.69 Å². The van der Waals surface area contributed by atoms with Crippen molar-refractivity contribution in [1.29, 1.82) is 5.26 Å². The van der Waals surface area contributed by atoms with Crippen LogP contribution >= 0.6 is 11.8 Å². The lowest BCUT2D eigenvalue weighted by Crippen LogP contribution is -2.20. The van der Waals surface area contributed by atoms with Gasteiger partial charge in [0.25, 0.3) is 0 Å². The van der Waals surface area contributed by atoms with Gasteiger partial charge in [0.15, 0.2) is 0 Å². The largest absolute Gasteiger partial charge is 0.381 e. The summed E-state index contributed by atoms with van der Waals surface area (Å²) in [4.78, 5) is 1.07. The fourth-order valence-electron chi connectivity index (χ4n) is 2.92. The first-order valence-corrected chi connectivity index (χ1v) is 8.29. The third-order valence-electron chi connectivity index (χ3n) is 3.85. The van der Waals surface area contributed by atoms with Gasteiger partial charge in [-0.05, 0) is 41.9 Å². The van der Waals surface area contributed by atoms with E-state index < -0.39 is 0 Å². The van der Waals surface area contributed by atoms with Gasteiger partial charge in [-0.1, -0.05) is 37.3 Å². The SMILES string of the molecule is CCSc1cccc(NC2Cc3ccccc3C2)c1C#N. The minimum Gasteiger partial charge on any atom is -0.381 e. The molecule has 1 N–H and O–H groups in total. The molecule has 0 amide bonds. The van der Waals surface area contributed by atoms with Gasteiger partial charge in [-0.3, -0.25) is 0 Å². The second-order valence-corrected chi connectivity index (χ2v) is 6.55. The fourth-order valence-corrected chi connectivity index (χ4v) is 3.71. The van der Waals surface area contributed by atoms with Gasteiger partial charge < -0.3 is 5.32 Å². The van der Waals surface area contributed by atoms with Gasteiger partial charge in [0.1, 0.15) is 6.07 Å². The van der Waals surface area contributed by atoms with Gasteiger partial charge in [0, 0.05) is 10.9 Å². The lowest BCUT2D eigenvalue weighted by molar-refractivity contribution is 0.773. The molecule has 3 heteroatoms. The maximum atomic E-state index is 9.47. The van der Waals surface area contributed by atoms with E-state index in [1.165, 1.54) is 11.1 Å². The second kappa shape index (κ2) is 6.24. The van der Waals surface area contributed by atoms with Gasteiger partial charge in [0.05, 0.1) is 11.3 Å². The third kappa shape index (κ3) is 2.91. The Balaban J connectivity index is 1.81. The van der Waals surface area contributed by atoms with Gasteiger partial charge in [-0.15, -0.1) is 11.8 Å². The Bertz CT molecular complexity index is 663. The molecule has 0 aromatic heterocycles. The topological polar surface area (TPSA) is 35.8 Å². The number of anilines is 1. The van der Waals surface area contributed by atoms with Crippen molar-refractivity contribution >= 4 is 17.4 Å². The van der Waals surface area contributed by atoms with Crippen LogP contribution in [-0.4, -0.2) is 11.8 Å². The van der Waals surface area contributed by atoms with Crippen molar-refractivity contribution in [2.75, 3.05) is 11.1 Å². The van der Waals surface area contributed by atoms with Crippen molar-refractivity contribution in [2.45, 2.75) is 30.7 Å². The number of thioether (sulfide) groups is 1. The molecule has 0 bridgehead atoms. The Hall–Kier alpha value is -1.92. The van der Waals surface area contributed by atoms with E-state index >= 15 is 0 Å². The number of benzene rings is 2. The predicted octanol–water partition coefficient (Wildman–Crippen LogP) is 4.25. The molecule has 0 saturated heterocycles. The molecule has 2 nitrogen and oxygen atoms in total. The Morgan fingerprint density at radius 1 is 1.14 bits per heavy atom. The van der Waals surface area contributed by atoms with E-state index in [1.807, 2.05) is 18.2 Å². The molecule has 106 valence electrons. The maximum absolute atomic E-state index is 9.47. The average Bonchev–Trinajstić information content (AvgIpc) is 2.90. The normalized spacial score (nSPS) is 13.7. The van der Waals surface area contributed by atoms with Crippen LogP contribution in [0, 0.1) is 11.3 Å². The van der Waals surface area contributed by atoms with E-state index in [0.29, 0.717) is 6.04 Å². The van der Waals surface area contributed by atoms with Crippen LogP contribution < -0.4 is 5.32 Å². The number of nitrogens with one attached hydrogen (secondary N) is 1. The highest BCUT2D eigenvalue weighted by molar-refractivity contribution is 7.99. The molecule has 0 radical (unpaired) electrons. The van der Waals surface area contributed by atoms with Crippen LogP contribution in [0.3, 0.4) is 0 Å². The maximum Gasteiger partial charge on any atom is 0.102 e. The molecule has 0 unspecified atom stereocenters. The van der Waals surface area contributed by atoms with E-state index in [0.717, 1.165) is 34.7 Å². The number of nitrogens with zero attached hydrogens (tertiary/aromatic N) is 1. The number of fused-ring (bicyclic) bond motifs is 1. The van der Waals surface area contributed by atoms with Crippen LogP contribution in [0.25, 0.3) is 0 Å². The summed E-state index contributed by atoms with van der Waals surface area (Å²) in [6.07, 6.45) is 2.07. The molecule has 0 heterocycles. The summed E-state index contributed by atoms with van der Waals surface area (Å²) in [6.45, 7) is 2.11. The predicted molar refractivity (Wildman–Crippen MR) is 88.8 cm³/mol. The average molecular weight is 294 g/mol. The number of hydrogen-bond donors (Lipinski definition) is 1. The highest BCUT2D eigenvalue weighted by Gasteiger charge is 2.21. The van der Waals surface area contributed by atoms with E-state index in [-0.39, 0.29) is 0 Å². The zero-order valence-electron chi connectivity index (χ0n) is 12.1. The summed E-state index contributed by atoms with van der Waals surface area (Å²) in [5.74, 6) is 0.979. The van der Waals surface area contributed by atoms with Crippen LogP contribution in [-0.2, 0) is 12.8 Å². The van der Waals surface area contributed by atoms with Gasteiger partial charge in [-0.2, -0.15) is 5.26 Å². The van der Waals surface area contributed by atoms with Crippen molar-refractivity contribution < 1.29 is 0 Å². The number of nitriles is 1. The molecule has 2 aromatic carbocycles. The van der Waals surface area contributed by atoms with Crippen molar-refractivity contribution in [3.63, 3.8) is 0 Å². The van der Waals surface area contributed by atoms with Crippen LogP contribution in [0.5, 0.6) is 0 Å². The Morgan fingerprint density at radius 3 is 2.48 bits per heavy atom. The Morgan fingerprint density at radius 2 is 1.86 bits per heavy atom. The highest BCUT2D eigenvalue weighted by Crippen LogP contribution is 2.30. The molecular weight excluding hydrogens is 276 g/mol. The van der Waals surface area contributed by atoms with Gasteiger partial charge >= 0.3 is 0 Å². The van der Waals surface area contributed by atoms with Crippen molar-refractivity contribution in [3.8, 4) is 6.07 Å². The minimum atomic E-state index is 0.386. The Labute approximate surface area is 130 Å². The summed E-state index contributed by atoms with van der Waals surface area (Å²) in [6, 6.07) is 17.4. The highest BCUT2D eigenvalue weighted by atomic mass is 32.2. The van der Waals surface area contributed by atoms with E-state index in [1.54, 1.807) is 11.8 Å². The minimum absolute atomic E-state index is 0.386. The van der Waals surface area contributed by atoms with E-state index in [2.05, 4.69) is 42.6 Å². The molecular formula is C18H18N2S. The van der Waals surface area contributed by atoms with Crippen LogP contribution in [0.2, 0.25) is 0 Å². The van der Waals surface area contributed by atoms with Crippen molar-refractivity contribution in [2.24, 2.45) is 0 Å². The van der Waals surface area contributed by atoms with Crippen molar-refractivity contribution in [3.05, 3.63) is 59.2 Å². The van der Waals surface area contributed by atoms with Crippen molar-refractivity contribution in [1.82, 2.24) is 0 Å². The zero-order valence-corrected chi connectivity index (χ0v) is 12.9. The number of rotatable bonds is 4. The summed E-state index contributed by atoms with van der Waals surface area (Å²) >= 11 is 1.72. The van der Waals surface area contributed by atoms with E-state index in [4.69, 9.17) is 0 Å². The molecule has 1 aliphatic carbocycles. The molecule has 0 spiro atoms. The molecule has 0 atom stereocenters. The first kappa shape index (κ1) is 14.0. The first-order valence-electron chi connectivity index (χ1n) is 7.31. The summed E-state index contributed by atoms with van der Waals surface area (Å²) in [5, 5.41) is 13.0. The molecule has 0 saturated carbocycles. The van der Waals surface area contributed by atoms with Crippen LogP contribution in [0.1, 0.15) is 23.6 Å². The van der Waals surface area contributed by atoms with E-state index in [9.17, 15) is 5.26 Å². The third-order valence-corrected chi connectivity index (χ3v) is 4.79. The van der Waals surface area contributed by atoms with Gasteiger partial charge in [-0.25, -0.2) is 0 Å². The zero-order chi connectivity index (χ0) is 14.7. The summed E-state index contributed by atoms with van der Waals surface area (Å²) in [5.41, 5.74) is 4.59. The number of hydrogen-bond acceptors (Lipinski definition) is 3. The monoisotopic (exact) mass is 294 g/mol. The molecule has 1 aliphatic rings. The smallest absolute Gasteiger partial charge is 0.102 e. The lowest BCUT2D eigenvalue weighted by Gasteiger charge is -2.16.